The van der Waals surface area contributed by atoms with Gasteiger partial charge in [0.1, 0.15) is 5.82 Å². The van der Waals surface area contributed by atoms with Crippen molar-refractivity contribution in [2.24, 2.45) is 5.73 Å². The quantitative estimate of drug-likeness (QED) is 0.713. The van der Waals surface area contributed by atoms with Crippen LogP contribution in [-0.4, -0.2) is 4.75 Å². The normalized spacial score (nSPS) is 24.4. The summed E-state index contributed by atoms with van der Waals surface area (Å²) in [5.74, 6) is -0.195. The van der Waals surface area contributed by atoms with E-state index in [2.05, 4.69) is 13.8 Å². The van der Waals surface area contributed by atoms with Crippen molar-refractivity contribution in [1.82, 2.24) is 0 Å². The zero-order chi connectivity index (χ0) is 10.3. The predicted octanol–water partition coefficient (Wildman–Crippen LogP) is 3.10. The molecule has 0 aromatic heterocycles. The first-order valence-electron chi connectivity index (χ1n) is 4.72. The largest absolute Gasteiger partial charge is 0.324 e. The molecule has 0 saturated carbocycles. The molecule has 1 aromatic carbocycles. The summed E-state index contributed by atoms with van der Waals surface area (Å²) in [5.41, 5.74) is 6.96. The fourth-order valence-electron chi connectivity index (χ4n) is 1.88. The van der Waals surface area contributed by atoms with E-state index in [0.717, 1.165) is 16.9 Å². The Morgan fingerprint density at radius 1 is 1.50 bits per heavy atom. The molecule has 14 heavy (non-hydrogen) atoms. The summed E-state index contributed by atoms with van der Waals surface area (Å²) in [6.45, 7) is 4.34. The maximum absolute atomic E-state index is 13.0. The number of thioether (sulfide) groups is 1. The van der Waals surface area contributed by atoms with Crippen LogP contribution in [0.1, 0.15) is 31.9 Å². The SMILES string of the molecule is CC1(C)CC(N)c2cc(F)ccc2S1. The average molecular weight is 211 g/mol. The second-order valence-electron chi connectivity index (χ2n) is 4.35. The van der Waals surface area contributed by atoms with Gasteiger partial charge in [0.05, 0.1) is 0 Å². The minimum atomic E-state index is -0.195. The van der Waals surface area contributed by atoms with Crippen molar-refractivity contribution in [3.05, 3.63) is 29.6 Å². The van der Waals surface area contributed by atoms with E-state index in [1.807, 2.05) is 6.07 Å². The summed E-state index contributed by atoms with van der Waals surface area (Å²) >= 11 is 1.78. The van der Waals surface area contributed by atoms with Crippen molar-refractivity contribution in [1.29, 1.82) is 0 Å². The summed E-state index contributed by atoms with van der Waals surface area (Å²) in [4.78, 5) is 1.12. The first-order valence-corrected chi connectivity index (χ1v) is 5.54. The summed E-state index contributed by atoms with van der Waals surface area (Å²) < 4.78 is 13.2. The first kappa shape index (κ1) is 9.99. The zero-order valence-electron chi connectivity index (χ0n) is 8.38. The minimum Gasteiger partial charge on any atom is -0.324 e. The van der Waals surface area contributed by atoms with Crippen LogP contribution in [-0.2, 0) is 0 Å². The Bertz CT molecular complexity index is 362. The van der Waals surface area contributed by atoms with Gasteiger partial charge in [-0.25, -0.2) is 4.39 Å². The highest BCUT2D eigenvalue weighted by molar-refractivity contribution is 8.00. The third kappa shape index (κ3) is 1.79. The number of benzene rings is 1. The maximum Gasteiger partial charge on any atom is 0.123 e. The standard InChI is InChI=1S/C11H14FNS/c1-11(2)6-9(13)8-5-7(12)3-4-10(8)14-11/h3-5,9H,6,13H2,1-2H3. The van der Waals surface area contributed by atoms with Gasteiger partial charge in [0.25, 0.3) is 0 Å². The number of hydrogen-bond acceptors (Lipinski definition) is 2. The molecular formula is C11H14FNS. The Morgan fingerprint density at radius 2 is 2.21 bits per heavy atom. The maximum atomic E-state index is 13.0. The van der Waals surface area contributed by atoms with Gasteiger partial charge in [0, 0.05) is 15.7 Å². The highest BCUT2D eigenvalue weighted by Gasteiger charge is 2.31. The number of fused-ring (bicyclic) bond motifs is 1. The van der Waals surface area contributed by atoms with Crippen LogP contribution in [0.2, 0.25) is 0 Å². The van der Waals surface area contributed by atoms with E-state index in [0.29, 0.717) is 0 Å². The fraction of sp³-hybridized carbons (Fsp3) is 0.455. The molecule has 1 aromatic rings. The number of halogens is 1. The Labute approximate surface area is 87.9 Å². The Hall–Kier alpha value is -0.540. The molecule has 1 unspecified atom stereocenters. The van der Waals surface area contributed by atoms with Gasteiger partial charge in [0.15, 0.2) is 0 Å². The molecule has 0 bridgehead atoms. The van der Waals surface area contributed by atoms with Crippen LogP contribution >= 0.6 is 11.8 Å². The van der Waals surface area contributed by atoms with Crippen LogP contribution in [0.3, 0.4) is 0 Å². The second-order valence-corrected chi connectivity index (χ2v) is 6.10. The molecule has 2 N–H and O–H groups in total. The number of nitrogens with two attached hydrogens (primary N) is 1. The molecule has 0 radical (unpaired) electrons. The van der Waals surface area contributed by atoms with Gasteiger partial charge in [-0.1, -0.05) is 13.8 Å². The fourth-order valence-corrected chi connectivity index (χ4v) is 3.20. The smallest absolute Gasteiger partial charge is 0.123 e. The molecule has 0 spiro atoms. The molecule has 1 aliphatic heterocycles. The molecule has 0 aliphatic carbocycles. The van der Waals surface area contributed by atoms with Gasteiger partial charge in [-0.2, -0.15) is 0 Å². The van der Waals surface area contributed by atoms with Gasteiger partial charge in [-0.05, 0) is 30.2 Å². The van der Waals surface area contributed by atoms with Crippen molar-refractivity contribution >= 4 is 11.8 Å². The van der Waals surface area contributed by atoms with E-state index in [1.165, 1.54) is 6.07 Å². The third-order valence-corrected chi connectivity index (χ3v) is 3.78. The molecule has 3 heteroatoms. The Kier molecular flexibility index (Phi) is 2.32. The molecule has 1 nitrogen and oxygen atoms in total. The van der Waals surface area contributed by atoms with Crippen molar-refractivity contribution in [2.45, 2.75) is 36.0 Å². The lowest BCUT2D eigenvalue weighted by molar-refractivity contribution is 0.523. The Morgan fingerprint density at radius 3 is 2.93 bits per heavy atom. The summed E-state index contributed by atoms with van der Waals surface area (Å²) in [5, 5.41) is 0. The highest BCUT2D eigenvalue weighted by Crippen LogP contribution is 2.46. The van der Waals surface area contributed by atoms with E-state index in [4.69, 9.17) is 5.73 Å². The van der Waals surface area contributed by atoms with Crippen LogP contribution in [0, 0.1) is 5.82 Å². The van der Waals surface area contributed by atoms with E-state index >= 15 is 0 Å². The first-order chi connectivity index (χ1) is 6.48. The molecule has 0 saturated heterocycles. The molecule has 1 atom stereocenters. The van der Waals surface area contributed by atoms with Crippen molar-refractivity contribution in [2.75, 3.05) is 0 Å². The molecule has 0 amide bonds. The summed E-state index contributed by atoms with van der Waals surface area (Å²) in [7, 11) is 0. The zero-order valence-corrected chi connectivity index (χ0v) is 9.20. The van der Waals surface area contributed by atoms with Gasteiger partial charge in [-0.15, -0.1) is 11.8 Å². The monoisotopic (exact) mass is 211 g/mol. The molecule has 76 valence electrons. The van der Waals surface area contributed by atoms with E-state index < -0.39 is 0 Å². The van der Waals surface area contributed by atoms with Crippen LogP contribution in [0.5, 0.6) is 0 Å². The lowest BCUT2D eigenvalue weighted by Gasteiger charge is -2.34. The summed E-state index contributed by atoms with van der Waals surface area (Å²) in [6, 6.07) is 4.86. The molecule has 0 fully saturated rings. The van der Waals surface area contributed by atoms with Gasteiger partial charge in [-0.3, -0.25) is 0 Å². The van der Waals surface area contributed by atoms with Crippen LogP contribution in [0.15, 0.2) is 23.1 Å². The lowest BCUT2D eigenvalue weighted by Crippen LogP contribution is -2.28. The van der Waals surface area contributed by atoms with Crippen molar-refractivity contribution in [3.63, 3.8) is 0 Å². The third-order valence-electron chi connectivity index (χ3n) is 2.47. The molecular weight excluding hydrogens is 197 g/mol. The van der Waals surface area contributed by atoms with Crippen LogP contribution in [0.4, 0.5) is 4.39 Å². The second kappa shape index (κ2) is 3.24. The topological polar surface area (TPSA) is 26.0 Å². The predicted molar refractivity (Wildman–Crippen MR) is 57.9 cm³/mol. The van der Waals surface area contributed by atoms with Crippen LogP contribution < -0.4 is 5.73 Å². The van der Waals surface area contributed by atoms with Gasteiger partial charge >= 0.3 is 0 Å². The van der Waals surface area contributed by atoms with Gasteiger partial charge < -0.3 is 5.73 Å². The van der Waals surface area contributed by atoms with E-state index in [9.17, 15) is 4.39 Å². The average Bonchev–Trinajstić information content (AvgIpc) is 2.05. The number of rotatable bonds is 0. The van der Waals surface area contributed by atoms with Crippen molar-refractivity contribution in [3.8, 4) is 0 Å². The molecule has 2 rings (SSSR count). The van der Waals surface area contributed by atoms with Crippen LogP contribution in [0.25, 0.3) is 0 Å². The highest BCUT2D eigenvalue weighted by atomic mass is 32.2. The molecule has 1 aliphatic rings. The number of hydrogen-bond donors (Lipinski definition) is 1. The molecule has 1 heterocycles. The lowest BCUT2D eigenvalue weighted by atomic mass is 9.96. The van der Waals surface area contributed by atoms with E-state index in [1.54, 1.807) is 17.8 Å². The summed E-state index contributed by atoms with van der Waals surface area (Å²) in [6.07, 6.45) is 0.897. The van der Waals surface area contributed by atoms with E-state index in [-0.39, 0.29) is 16.6 Å². The van der Waals surface area contributed by atoms with Crippen molar-refractivity contribution < 1.29 is 4.39 Å². The van der Waals surface area contributed by atoms with Gasteiger partial charge in [0.2, 0.25) is 0 Å². The minimum absolute atomic E-state index is 0.0306. The Balaban J connectivity index is 2.45.